The van der Waals surface area contributed by atoms with Crippen molar-refractivity contribution in [3.05, 3.63) is 82.0 Å². The number of amides is 1. The molecule has 52 heavy (non-hydrogen) atoms. The number of hydrogen-bond donors (Lipinski definition) is 1. The Kier molecular flexibility index (Phi) is 13.8. The summed E-state index contributed by atoms with van der Waals surface area (Å²) in [5.74, 6) is 0.778. The number of nitrogens with one attached hydrogen (secondary N) is 1. The van der Waals surface area contributed by atoms with Gasteiger partial charge in [-0.25, -0.2) is 11.2 Å². The zero-order valence-corrected chi connectivity index (χ0v) is 33.1. The number of aryl methyl sites for hydroxylation is 2. The number of fused-ring (bicyclic) bond motifs is 2. The maximum atomic E-state index is 14.4. The van der Waals surface area contributed by atoms with Crippen LogP contribution in [0.4, 0.5) is 5.69 Å². The molecule has 1 N–H and O–H groups in total. The zero-order valence-electron chi connectivity index (χ0n) is 32.2. The summed E-state index contributed by atoms with van der Waals surface area (Å²) in [6.07, 6.45) is 0. The van der Waals surface area contributed by atoms with Crippen LogP contribution in [0.1, 0.15) is 63.0 Å². The van der Waals surface area contributed by atoms with E-state index in [9.17, 15) is 4.79 Å². The van der Waals surface area contributed by atoms with E-state index in [1.165, 1.54) is 0 Å². The smallest absolute Gasteiger partial charge is 0.259 e. The molecule has 1 unspecified atom stereocenters. The number of anilines is 1. The molecule has 2 aromatic carbocycles. The van der Waals surface area contributed by atoms with Crippen LogP contribution in [-0.2, 0) is 9.05 Å². The molecule has 278 valence electrons. The standard InChI is InChI=1S/C41H55N6O4P/c1-10-43-36-26-38-34(24-30(36)7)40(35-25-31(8)37(44-11-2)27-39(35)51-38)32-14-12-13-15-33(32)41(48)46-19-17-45(18-20-46)21-23-50-52(49-22-16-42-9)47(28(3)4)29(5)6/h12-15,24-29,43H,10-11,16-23H2,1-8H3/b44-37+. The van der Waals surface area contributed by atoms with Gasteiger partial charge >= 0.3 is 0 Å². The third-order valence-corrected chi connectivity index (χ3v) is 11.5. The second kappa shape index (κ2) is 18.3. The summed E-state index contributed by atoms with van der Waals surface area (Å²) in [6, 6.07) is 17.0. The van der Waals surface area contributed by atoms with Crippen molar-refractivity contribution in [2.45, 2.75) is 67.5 Å². The van der Waals surface area contributed by atoms with Gasteiger partial charge in [-0.3, -0.25) is 14.7 Å². The quantitative estimate of drug-likeness (QED) is 0.0572. The Hall–Kier alpha value is -3.84. The zero-order chi connectivity index (χ0) is 37.4. The third kappa shape index (κ3) is 9.02. The van der Waals surface area contributed by atoms with Crippen molar-refractivity contribution in [2.75, 3.05) is 70.9 Å². The highest BCUT2D eigenvalue weighted by Gasteiger charge is 2.29. The molecule has 2 aromatic rings. The van der Waals surface area contributed by atoms with Crippen LogP contribution < -0.4 is 10.7 Å². The number of rotatable bonds is 15. The summed E-state index contributed by atoms with van der Waals surface area (Å²) < 4.78 is 21.3. The van der Waals surface area contributed by atoms with Gasteiger partial charge < -0.3 is 28.5 Å². The molecule has 3 aliphatic rings. The van der Waals surface area contributed by atoms with Crippen LogP contribution >= 0.6 is 8.53 Å². The Balaban J connectivity index is 1.39. The van der Waals surface area contributed by atoms with Gasteiger partial charge in [-0.05, 0) is 90.3 Å². The molecular formula is C41H55N6O4P. The molecule has 11 heteroatoms. The maximum Gasteiger partial charge on any atom is 0.259 e. The molecule has 1 saturated heterocycles. The molecule has 2 aliphatic heterocycles. The first-order valence-electron chi connectivity index (χ1n) is 18.6. The highest BCUT2D eigenvalue weighted by molar-refractivity contribution is 7.44. The largest absolute Gasteiger partial charge is 0.456 e. The summed E-state index contributed by atoms with van der Waals surface area (Å²) in [5, 5.41) is 5.35. The van der Waals surface area contributed by atoms with E-state index in [2.05, 4.69) is 92.5 Å². The normalized spacial score (nSPS) is 15.0. The fourth-order valence-corrected chi connectivity index (χ4v) is 8.56. The summed E-state index contributed by atoms with van der Waals surface area (Å²) in [4.78, 5) is 26.9. The number of carbonyl (C=O) groups excluding carboxylic acids is 1. The van der Waals surface area contributed by atoms with Crippen molar-refractivity contribution in [3.8, 4) is 22.5 Å². The van der Waals surface area contributed by atoms with Gasteiger partial charge in [0.15, 0.2) is 0 Å². The fraction of sp³-hybridized carbons (Fsp3) is 0.488. The first kappa shape index (κ1) is 39.4. The van der Waals surface area contributed by atoms with Gasteiger partial charge in [-0.2, -0.15) is 0 Å². The number of piperazine rings is 1. The van der Waals surface area contributed by atoms with E-state index < -0.39 is 8.53 Å². The Morgan fingerprint density at radius 1 is 0.981 bits per heavy atom. The molecule has 5 rings (SSSR count). The second-order valence-corrected chi connectivity index (χ2v) is 15.3. The van der Waals surface area contributed by atoms with Gasteiger partial charge in [0.25, 0.3) is 14.4 Å². The lowest BCUT2D eigenvalue weighted by atomic mass is 9.89. The lowest BCUT2D eigenvalue weighted by molar-refractivity contribution is 0.0615. The predicted molar refractivity (Wildman–Crippen MR) is 213 cm³/mol. The van der Waals surface area contributed by atoms with Gasteiger partial charge in [-0.1, -0.05) is 18.2 Å². The fourth-order valence-electron chi connectivity index (χ4n) is 6.99. The van der Waals surface area contributed by atoms with Gasteiger partial charge in [-0.15, -0.1) is 0 Å². The van der Waals surface area contributed by atoms with Crippen molar-refractivity contribution in [1.29, 1.82) is 0 Å². The Morgan fingerprint density at radius 3 is 2.37 bits per heavy atom. The first-order valence-corrected chi connectivity index (χ1v) is 19.7. The van der Waals surface area contributed by atoms with Crippen LogP contribution in [0.25, 0.3) is 38.3 Å². The minimum absolute atomic E-state index is 0.0325. The predicted octanol–water partition coefficient (Wildman–Crippen LogP) is 8.23. The molecule has 1 atom stereocenters. The maximum absolute atomic E-state index is 14.4. The van der Waals surface area contributed by atoms with E-state index in [1.54, 1.807) is 0 Å². The molecule has 0 spiro atoms. The summed E-state index contributed by atoms with van der Waals surface area (Å²) in [7, 11) is -1.27. The van der Waals surface area contributed by atoms with Crippen LogP contribution in [-0.4, -0.2) is 98.0 Å². The minimum Gasteiger partial charge on any atom is -0.456 e. The van der Waals surface area contributed by atoms with E-state index in [1.807, 2.05) is 36.1 Å². The van der Waals surface area contributed by atoms with E-state index in [0.29, 0.717) is 45.0 Å². The molecule has 2 heterocycles. The van der Waals surface area contributed by atoms with E-state index in [4.69, 9.17) is 25.0 Å². The van der Waals surface area contributed by atoms with Gasteiger partial charge in [0.2, 0.25) is 6.54 Å². The number of hydrogen-bond acceptors (Lipinski definition) is 8. The second-order valence-electron chi connectivity index (χ2n) is 13.8. The van der Waals surface area contributed by atoms with E-state index in [0.717, 1.165) is 81.8 Å². The monoisotopic (exact) mass is 726 g/mol. The van der Waals surface area contributed by atoms with Crippen LogP contribution in [0.2, 0.25) is 0 Å². The van der Waals surface area contributed by atoms with Gasteiger partial charge in [0.05, 0.1) is 12.0 Å². The molecule has 1 aliphatic carbocycles. The van der Waals surface area contributed by atoms with E-state index in [-0.39, 0.29) is 18.0 Å². The summed E-state index contributed by atoms with van der Waals surface area (Å²) in [6.45, 7) is 30.2. The van der Waals surface area contributed by atoms with Crippen molar-refractivity contribution in [3.63, 3.8) is 0 Å². The summed E-state index contributed by atoms with van der Waals surface area (Å²) in [5.41, 5.74) is 7.53. The first-order chi connectivity index (χ1) is 25.1. The highest BCUT2D eigenvalue weighted by atomic mass is 31.2. The van der Waals surface area contributed by atoms with Crippen molar-refractivity contribution < 1.29 is 18.3 Å². The molecule has 1 amide bonds. The van der Waals surface area contributed by atoms with Crippen molar-refractivity contribution in [1.82, 2.24) is 14.5 Å². The Bertz CT molecular complexity index is 1900. The minimum atomic E-state index is -1.27. The molecule has 0 saturated carbocycles. The number of benzene rings is 3. The Labute approximate surface area is 310 Å². The topological polar surface area (TPSA) is 87.1 Å². The van der Waals surface area contributed by atoms with Crippen molar-refractivity contribution in [2.24, 2.45) is 4.99 Å². The third-order valence-electron chi connectivity index (χ3n) is 9.43. The van der Waals surface area contributed by atoms with E-state index >= 15 is 0 Å². The van der Waals surface area contributed by atoms with Crippen LogP contribution in [0.5, 0.6) is 0 Å². The Morgan fingerprint density at radius 2 is 1.69 bits per heavy atom. The number of carbonyl (C=O) groups is 1. The van der Waals surface area contributed by atoms with Crippen molar-refractivity contribution >= 4 is 31.1 Å². The lowest BCUT2D eigenvalue weighted by Crippen LogP contribution is -2.49. The molecule has 10 nitrogen and oxygen atoms in total. The molecule has 0 bridgehead atoms. The highest BCUT2D eigenvalue weighted by Crippen LogP contribution is 2.46. The molecule has 1 fully saturated rings. The number of nitrogens with zero attached hydrogens (tertiary/aromatic N) is 5. The average Bonchev–Trinajstić information content (AvgIpc) is 3.11. The average molecular weight is 727 g/mol. The molecule has 0 radical (unpaired) electrons. The lowest BCUT2D eigenvalue weighted by Gasteiger charge is -2.37. The summed E-state index contributed by atoms with van der Waals surface area (Å²) >= 11 is 0. The van der Waals surface area contributed by atoms with Gasteiger partial charge in [0.1, 0.15) is 18.0 Å². The van der Waals surface area contributed by atoms with Crippen LogP contribution in [0, 0.1) is 20.4 Å². The molecule has 0 aromatic heterocycles. The van der Waals surface area contributed by atoms with Crippen LogP contribution in [0.3, 0.4) is 0 Å². The van der Waals surface area contributed by atoms with Gasteiger partial charge in [0, 0.05) is 97.8 Å². The van der Waals surface area contributed by atoms with Crippen LogP contribution in [0.15, 0.2) is 57.9 Å². The molecular weight excluding hydrogens is 671 g/mol. The SMILES string of the molecule is [C-]#[N+]CCOP(OCCN1CCN(C(=O)c2ccccc2-c2c3cc(C)/c(=N/CC)cc-3oc3cc(NCC)c(C)cc23)CC1)N(C(C)C)C(C)C.